The van der Waals surface area contributed by atoms with Crippen LogP contribution in [0.25, 0.3) is 6.08 Å². The van der Waals surface area contributed by atoms with E-state index in [0.29, 0.717) is 12.0 Å². The van der Waals surface area contributed by atoms with Gasteiger partial charge in [-0.25, -0.2) is 4.79 Å². The van der Waals surface area contributed by atoms with Crippen molar-refractivity contribution in [1.29, 1.82) is 0 Å². The van der Waals surface area contributed by atoms with E-state index in [4.69, 9.17) is 4.74 Å². The standard InChI is InChI=1S/C22H24N2O5/c1-16(2)13-20(22(26)29-15-18-7-4-3-5-8-18)23-21(25)12-11-17-9-6-10-19(14-17)24(27)28/h3-12,14,16,20H,13,15H2,1-2H3,(H,23,25)/b12-11+/t20-/m0/s1. The zero-order valence-electron chi connectivity index (χ0n) is 16.4. The summed E-state index contributed by atoms with van der Waals surface area (Å²) in [5, 5.41) is 13.5. The summed E-state index contributed by atoms with van der Waals surface area (Å²) in [5.41, 5.74) is 1.32. The third-order valence-electron chi connectivity index (χ3n) is 4.04. The molecule has 29 heavy (non-hydrogen) atoms. The van der Waals surface area contributed by atoms with E-state index < -0.39 is 22.8 Å². The molecule has 2 rings (SSSR count). The molecule has 1 N–H and O–H groups in total. The van der Waals surface area contributed by atoms with Crippen molar-refractivity contribution in [2.75, 3.05) is 0 Å². The monoisotopic (exact) mass is 396 g/mol. The highest BCUT2D eigenvalue weighted by molar-refractivity contribution is 5.94. The Kier molecular flexibility index (Phi) is 8.09. The predicted octanol–water partition coefficient (Wildman–Crippen LogP) is 3.88. The number of hydrogen-bond donors (Lipinski definition) is 1. The van der Waals surface area contributed by atoms with Crippen LogP contribution in [0.1, 0.15) is 31.4 Å². The second kappa shape index (κ2) is 10.8. The number of carbonyl (C=O) groups is 2. The minimum Gasteiger partial charge on any atom is -0.459 e. The lowest BCUT2D eigenvalue weighted by Gasteiger charge is -2.18. The molecular weight excluding hydrogens is 372 g/mol. The number of benzene rings is 2. The van der Waals surface area contributed by atoms with E-state index >= 15 is 0 Å². The molecule has 1 atom stereocenters. The molecule has 7 nitrogen and oxygen atoms in total. The van der Waals surface area contributed by atoms with Crippen molar-refractivity contribution in [2.24, 2.45) is 5.92 Å². The maximum absolute atomic E-state index is 12.4. The molecule has 0 aliphatic rings. The fourth-order valence-electron chi connectivity index (χ4n) is 2.65. The molecule has 1 amide bonds. The van der Waals surface area contributed by atoms with Crippen LogP contribution >= 0.6 is 0 Å². The lowest BCUT2D eigenvalue weighted by atomic mass is 10.0. The summed E-state index contributed by atoms with van der Waals surface area (Å²) in [6, 6.07) is 14.4. The van der Waals surface area contributed by atoms with Crippen molar-refractivity contribution in [3.05, 3.63) is 81.9 Å². The van der Waals surface area contributed by atoms with Gasteiger partial charge in [-0.1, -0.05) is 56.3 Å². The fourth-order valence-corrected chi connectivity index (χ4v) is 2.65. The molecule has 0 bridgehead atoms. The average Bonchev–Trinajstić information content (AvgIpc) is 2.70. The Labute approximate surface area is 169 Å². The molecule has 0 aliphatic heterocycles. The topological polar surface area (TPSA) is 98.5 Å². The quantitative estimate of drug-likeness (QED) is 0.300. The van der Waals surface area contributed by atoms with Gasteiger partial charge in [0, 0.05) is 18.2 Å². The number of nitrogens with zero attached hydrogens (tertiary/aromatic N) is 1. The zero-order chi connectivity index (χ0) is 21.2. The van der Waals surface area contributed by atoms with E-state index in [0.717, 1.165) is 5.56 Å². The largest absolute Gasteiger partial charge is 0.459 e. The Morgan fingerprint density at radius 3 is 2.52 bits per heavy atom. The van der Waals surface area contributed by atoms with E-state index in [2.05, 4.69) is 5.32 Å². The summed E-state index contributed by atoms with van der Waals surface area (Å²) in [6.07, 6.45) is 3.14. The minimum absolute atomic E-state index is 0.0604. The number of hydrogen-bond acceptors (Lipinski definition) is 5. The highest BCUT2D eigenvalue weighted by Crippen LogP contribution is 2.14. The SMILES string of the molecule is CC(C)C[C@H](NC(=O)/C=C/c1cccc([N+](=O)[O-])c1)C(=O)OCc1ccccc1. The van der Waals surface area contributed by atoms with Crippen molar-refractivity contribution >= 4 is 23.6 Å². The van der Waals surface area contributed by atoms with Crippen molar-refractivity contribution in [3.63, 3.8) is 0 Å². The smallest absolute Gasteiger partial charge is 0.328 e. The first-order chi connectivity index (χ1) is 13.8. The first-order valence-electron chi connectivity index (χ1n) is 9.28. The number of nitro groups is 1. The molecule has 0 radical (unpaired) electrons. The molecule has 0 aliphatic carbocycles. The number of carbonyl (C=O) groups excluding carboxylic acids is 2. The van der Waals surface area contributed by atoms with Gasteiger partial charge in [-0.3, -0.25) is 14.9 Å². The van der Waals surface area contributed by atoms with E-state index in [1.807, 2.05) is 44.2 Å². The number of esters is 1. The highest BCUT2D eigenvalue weighted by Gasteiger charge is 2.22. The molecule has 7 heteroatoms. The molecular formula is C22H24N2O5. The van der Waals surface area contributed by atoms with Crippen LogP contribution in [0.3, 0.4) is 0 Å². The molecule has 152 valence electrons. The van der Waals surface area contributed by atoms with Gasteiger partial charge in [-0.05, 0) is 29.5 Å². The van der Waals surface area contributed by atoms with Gasteiger partial charge in [0.1, 0.15) is 12.6 Å². The highest BCUT2D eigenvalue weighted by atomic mass is 16.6. The fraction of sp³-hybridized carbons (Fsp3) is 0.273. The van der Waals surface area contributed by atoms with Crippen LogP contribution in [0.2, 0.25) is 0 Å². The summed E-state index contributed by atoms with van der Waals surface area (Å²) in [4.78, 5) is 35.0. The van der Waals surface area contributed by atoms with Crippen molar-refractivity contribution in [1.82, 2.24) is 5.32 Å². The summed E-state index contributed by atoms with van der Waals surface area (Å²) in [5.74, 6) is -0.802. The van der Waals surface area contributed by atoms with E-state index in [9.17, 15) is 19.7 Å². The van der Waals surface area contributed by atoms with Crippen LogP contribution in [-0.4, -0.2) is 22.8 Å². The first-order valence-corrected chi connectivity index (χ1v) is 9.28. The van der Waals surface area contributed by atoms with Gasteiger partial charge in [-0.15, -0.1) is 0 Å². The third kappa shape index (κ3) is 7.57. The van der Waals surface area contributed by atoms with Crippen LogP contribution in [0.4, 0.5) is 5.69 Å². The number of nitro benzene ring substituents is 1. The molecule has 0 aromatic heterocycles. The third-order valence-corrected chi connectivity index (χ3v) is 4.04. The van der Waals surface area contributed by atoms with Gasteiger partial charge in [0.05, 0.1) is 4.92 Å². The van der Waals surface area contributed by atoms with Gasteiger partial charge in [0.2, 0.25) is 5.91 Å². The maximum Gasteiger partial charge on any atom is 0.328 e. The second-order valence-corrected chi connectivity index (χ2v) is 6.97. The molecule has 0 spiro atoms. The van der Waals surface area contributed by atoms with Gasteiger partial charge in [-0.2, -0.15) is 0 Å². The van der Waals surface area contributed by atoms with Crippen LogP contribution in [0.15, 0.2) is 60.7 Å². The maximum atomic E-state index is 12.4. The van der Waals surface area contributed by atoms with Gasteiger partial charge in [0.25, 0.3) is 5.69 Å². The Balaban J connectivity index is 1.99. The Morgan fingerprint density at radius 1 is 1.14 bits per heavy atom. The number of ether oxygens (including phenoxy) is 1. The Bertz CT molecular complexity index is 878. The molecule has 2 aromatic carbocycles. The van der Waals surface area contributed by atoms with E-state index in [1.54, 1.807) is 6.07 Å². The summed E-state index contributed by atoms with van der Waals surface area (Å²) >= 11 is 0. The average molecular weight is 396 g/mol. The van der Waals surface area contributed by atoms with Gasteiger partial charge >= 0.3 is 5.97 Å². The van der Waals surface area contributed by atoms with Crippen molar-refractivity contribution in [3.8, 4) is 0 Å². The Hall–Kier alpha value is -3.48. The molecule has 0 unspecified atom stereocenters. The lowest BCUT2D eigenvalue weighted by molar-refractivity contribution is -0.384. The van der Waals surface area contributed by atoms with Crippen LogP contribution in [-0.2, 0) is 20.9 Å². The Morgan fingerprint density at radius 2 is 1.86 bits per heavy atom. The molecule has 0 saturated carbocycles. The summed E-state index contributed by atoms with van der Waals surface area (Å²) < 4.78 is 5.34. The summed E-state index contributed by atoms with van der Waals surface area (Å²) in [6.45, 7) is 4.03. The number of non-ortho nitro benzene ring substituents is 1. The molecule has 0 fully saturated rings. The predicted molar refractivity (Wildman–Crippen MR) is 110 cm³/mol. The first kappa shape index (κ1) is 21.8. The van der Waals surface area contributed by atoms with E-state index in [-0.39, 0.29) is 18.2 Å². The molecule has 0 heterocycles. The van der Waals surface area contributed by atoms with Crippen LogP contribution in [0, 0.1) is 16.0 Å². The molecule has 0 saturated heterocycles. The zero-order valence-corrected chi connectivity index (χ0v) is 16.4. The normalized spacial score (nSPS) is 12.0. The number of nitrogens with one attached hydrogen (secondary N) is 1. The van der Waals surface area contributed by atoms with Gasteiger partial charge < -0.3 is 10.1 Å². The van der Waals surface area contributed by atoms with Crippen molar-refractivity contribution < 1.29 is 19.2 Å². The lowest BCUT2D eigenvalue weighted by Crippen LogP contribution is -2.42. The number of rotatable bonds is 9. The second-order valence-electron chi connectivity index (χ2n) is 6.97. The molecule has 2 aromatic rings. The number of amides is 1. The summed E-state index contributed by atoms with van der Waals surface area (Å²) in [7, 11) is 0. The van der Waals surface area contributed by atoms with Crippen LogP contribution < -0.4 is 5.32 Å². The minimum atomic E-state index is -0.777. The van der Waals surface area contributed by atoms with E-state index in [1.165, 1.54) is 30.4 Å². The van der Waals surface area contributed by atoms with Crippen LogP contribution in [0.5, 0.6) is 0 Å². The van der Waals surface area contributed by atoms with Crippen molar-refractivity contribution in [2.45, 2.75) is 32.9 Å². The van der Waals surface area contributed by atoms with Gasteiger partial charge in [0.15, 0.2) is 0 Å².